The van der Waals surface area contributed by atoms with Crippen LogP contribution in [0, 0.1) is 0 Å². The van der Waals surface area contributed by atoms with Crippen molar-refractivity contribution in [1.82, 2.24) is 30.5 Å². The van der Waals surface area contributed by atoms with Crippen LogP contribution < -0.4 is 5.32 Å². The fraction of sp³-hybridized carbons (Fsp3) is 0.111. The molecule has 0 aliphatic rings. The zero-order valence-corrected chi connectivity index (χ0v) is 13.5. The minimum atomic E-state index is -0.257. The van der Waals surface area contributed by atoms with Gasteiger partial charge in [0.1, 0.15) is 11.5 Å². The SMILES string of the molecule is C[C@@H](NC(=O)c1cc(-c2ccncc2)n[nH]1)c1nc2ccccc2[nH]1. The molecule has 0 aliphatic carbocycles. The number of imidazole rings is 1. The Morgan fingerprint density at radius 2 is 1.96 bits per heavy atom. The number of amides is 1. The quantitative estimate of drug-likeness (QED) is 0.535. The van der Waals surface area contributed by atoms with Gasteiger partial charge in [0.15, 0.2) is 0 Å². The largest absolute Gasteiger partial charge is 0.341 e. The fourth-order valence-electron chi connectivity index (χ4n) is 2.63. The van der Waals surface area contributed by atoms with Crippen LogP contribution in [0.4, 0.5) is 0 Å². The lowest BCUT2D eigenvalue weighted by atomic mass is 10.2. The van der Waals surface area contributed by atoms with Crippen molar-refractivity contribution < 1.29 is 4.79 Å². The second-order valence-electron chi connectivity index (χ2n) is 5.74. The van der Waals surface area contributed by atoms with E-state index in [9.17, 15) is 4.79 Å². The number of carbonyl (C=O) groups is 1. The van der Waals surface area contributed by atoms with E-state index in [-0.39, 0.29) is 11.9 Å². The number of fused-ring (bicyclic) bond motifs is 1. The maximum Gasteiger partial charge on any atom is 0.269 e. The Bertz CT molecular complexity index is 987. The molecule has 1 amide bonds. The highest BCUT2D eigenvalue weighted by molar-refractivity contribution is 5.93. The van der Waals surface area contributed by atoms with Crippen LogP contribution in [0.1, 0.15) is 29.3 Å². The molecular formula is C18H16N6O. The Labute approximate surface area is 143 Å². The summed E-state index contributed by atoms with van der Waals surface area (Å²) in [6, 6.07) is 12.9. The van der Waals surface area contributed by atoms with E-state index in [1.54, 1.807) is 18.5 Å². The molecule has 0 radical (unpaired) electrons. The van der Waals surface area contributed by atoms with Crippen LogP contribution in [0.2, 0.25) is 0 Å². The number of carbonyl (C=O) groups excluding carboxylic acids is 1. The highest BCUT2D eigenvalue weighted by atomic mass is 16.2. The van der Waals surface area contributed by atoms with Crippen molar-refractivity contribution in [2.24, 2.45) is 0 Å². The predicted octanol–water partition coefficient (Wildman–Crippen LogP) is 2.84. The first-order valence-electron chi connectivity index (χ1n) is 7.92. The van der Waals surface area contributed by atoms with E-state index in [0.29, 0.717) is 17.2 Å². The van der Waals surface area contributed by atoms with E-state index in [4.69, 9.17) is 0 Å². The maximum absolute atomic E-state index is 12.5. The third kappa shape index (κ3) is 2.99. The molecule has 0 spiro atoms. The van der Waals surface area contributed by atoms with Crippen molar-refractivity contribution in [2.45, 2.75) is 13.0 Å². The fourth-order valence-corrected chi connectivity index (χ4v) is 2.63. The molecule has 1 aromatic carbocycles. The molecule has 3 heterocycles. The Morgan fingerprint density at radius 1 is 1.16 bits per heavy atom. The standard InChI is InChI=1S/C18H16N6O/c1-11(17-21-13-4-2-3-5-14(13)22-17)20-18(25)16-10-15(23-24-16)12-6-8-19-9-7-12/h2-11H,1H3,(H,20,25)(H,21,22)(H,23,24)/t11-/m1/s1. The molecule has 7 nitrogen and oxygen atoms in total. The molecule has 0 bridgehead atoms. The Hall–Kier alpha value is -3.48. The van der Waals surface area contributed by atoms with Gasteiger partial charge in [-0.05, 0) is 37.3 Å². The summed E-state index contributed by atoms with van der Waals surface area (Å²) in [6.07, 6.45) is 3.38. The lowest BCUT2D eigenvalue weighted by molar-refractivity contribution is 0.0933. The van der Waals surface area contributed by atoms with Crippen LogP contribution in [0.3, 0.4) is 0 Å². The molecule has 4 rings (SSSR count). The summed E-state index contributed by atoms with van der Waals surface area (Å²) in [6.45, 7) is 1.88. The summed E-state index contributed by atoms with van der Waals surface area (Å²) in [4.78, 5) is 24.2. The number of aromatic nitrogens is 5. The smallest absolute Gasteiger partial charge is 0.269 e. The Balaban J connectivity index is 1.51. The summed E-state index contributed by atoms with van der Waals surface area (Å²) in [5.74, 6) is 0.476. The Morgan fingerprint density at radius 3 is 2.76 bits per heavy atom. The molecule has 0 unspecified atom stereocenters. The molecule has 0 saturated heterocycles. The van der Waals surface area contributed by atoms with Crippen molar-refractivity contribution in [1.29, 1.82) is 0 Å². The number of pyridine rings is 1. The number of hydrogen-bond donors (Lipinski definition) is 3. The lowest BCUT2D eigenvalue weighted by Gasteiger charge is -2.10. The van der Waals surface area contributed by atoms with Gasteiger partial charge in [0.2, 0.25) is 0 Å². The molecular weight excluding hydrogens is 316 g/mol. The summed E-state index contributed by atoms with van der Waals surface area (Å²) in [5.41, 5.74) is 3.81. The van der Waals surface area contributed by atoms with Crippen LogP contribution in [-0.4, -0.2) is 31.1 Å². The number of nitrogens with one attached hydrogen (secondary N) is 3. The number of hydrogen-bond acceptors (Lipinski definition) is 4. The molecule has 3 aromatic heterocycles. The maximum atomic E-state index is 12.5. The number of H-pyrrole nitrogens is 2. The van der Waals surface area contributed by atoms with Gasteiger partial charge in [-0.2, -0.15) is 5.10 Å². The Kier molecular flexibility index (Phi) is 3.74. The number of aromatic amines is 2. The highest BCUT2D eigenvalue weighted by Crippen LogP contribution is 2.18. The number of rotatable bonds is 4. The molecule has 0 aliphatic heterocycles. The first-order chi connectivity index (χ1) is 12.2. The van der Waals surface area contributed by atoms with Crippen molar-refractivity contribution >= 4 is 16.9 Å². The van der Waals surface area contributed by atoms with Gasteiger partial charge < -0.3 is 10.3 Å². The molecule has 3 N–H and O–H groups in total. The van der Waals surface area contributed by atoms with E-state index < -0.39 is 0 Å². The van der Waals surface area contributed by atoms with Gasteiger partial charge in [0, 0.05) is 18.0 Å². The summed E-state index contributed by atoms with van der Waals surface area (Å²) in [5, 5.41) is 9.88. The molecule has 0 fully saturated rings. The molecule has 124 valence electrons. The van der Waals surface area contributed by atoms with Crippen molar-refractivity contribution in [3.8, 4) is 11.3 Å². The van der Waals surface area contributed by atoms with E-state index in [2.05, 4.69) is 30.5 Å². The summed E-state index contributed by atoms with van der Waals surface area (Å²) < 4.78 is 0. The van der Waals surface area contributed by atoms with E-state index >= 15 is 0 Å². The van der Waals surface area contributed by atoms with Gasteiger partial charge >= 0.3 is 0 Å². The first kappa shape index (κ1) is 15.1. The minimum Gasteiger partial charge on any atom is -0.341 e. The predicted molar refractivity (Wildman–Crippen MR) is 93.8 cm³/mol. The van der Waals surface area contributed by atoms with Crippen LogP contribution in [-0.2, 0) is 0 Å². The zero-order chi connectivity index (χ0) is 17.2. The van der Waals surface area contributed by atoms with Crippen molar-refractivity contribution in [2.75, 3.05) is 0 Å². The molecule has 25 heavy (non-hydrogen) atoms. The second kappa shape index (κ2) is 6.20. The third-order valence-corrected chi connectivity index (χ3v) is 3.96. The van der Waals surface area contributed by atoms with Gasteiger partial charge in [0.05, 0.1) is 22.8 Å². The average molecular weight is 332 g/mol. The van der Waals surface area contributed by atoms with E-state index in [0.717, 1.165) is 16.6 Å². The monoisotopic (exact) mass is 332 g/mol. The van der Waals surface area contributed by atoms with Crippen molar-refractivity contribution in [3.05, 3.63) is 66.4 Å². The normalized spacial score (nSPS) is 12.2. The van der Waals surface area contributed by atoms with Crippen LogP contribution in [0.25, 0.3) is 22.3 Å². The zero-order valence-electron chi connectivity index (χ0n) is 13.5. The van der Waals surface area contributed by atoms with Gasteiger partial charge in [-0.3, -0.25) is 14.9 Å². The molecule has 7 heteroatoms. The van der Waals surface area contributed by atoms with Crippen LogP contribution in [0.15, 0.2) is 54.9 Å². The topological polar surface area (TPSA) is 99.3 Å². The van der Waals surface area contributed by atoms with Gasteiger partial charge in [-0.25, -0.2) is 4.98 Å². The van der Waals surface area contributed by atoms with Gasteiger partial charge in [-0.1, -0.05) is 12.1 Å². The lowest BCUT2D eigenvalue weighted by Crippen LogP contribution is -2.27. The third-order valence-electron chi connectivity index (χ3n) is 3.96. The van der Waals surface area contributed by atoms with E-state index in [1.165, 1.54) is 0 Å². The molecule has 4 aromatic rings. The number of benzene rings is 1. The van der Waals surface area contributed by atoms with Crippen LogP contribution >= 0.6 is 0 Å². The van der Waals surface area contributed by atoms with E-state index in [1.807, 2.05) is 43.3 Å². The molecule has 0 saturated carbocycles. The number of nitrogens with zero attached hydrogens (tertiary/aromatic N) is 3. The second-order valence-corrected chi connectivity index (χ2v) is 5.74. The summed E-state index contributed by atoms with van der Waals surface area (Å²) >= 11 is 0. The highest BCUT2D eigenvalue weighted by Gasteiger charge is 2.17. The van der Waals surface area contributed by atoms with Crippen molar-refractivity contribution in [3.63, 3.8) is 0 Å². The molecule has 1 atom stereocenters. The summed E-state index contributed by atoms with van der Waals surface area (Å²) in [7, 11) is 0. The van der Waals surface area contributed by atoms with Crippen LogP contribution in [0.5, 0.6) is 0 Å². The first-order valence-corrected chi connectivity index (χ1v) is 7.92. The number of para-hydroxylation sites is 2. The minimum absolute atomic E-state index is 0.235. The van der Waals surface area contributed by atoms with Gasteiger partial charge in [0.25, 0.3) is 5.91 Å². The van der Waals surface area contributed by atoms with Gasteiger partial charge in [-0.15, -0.1) is 0 Å². The average Bonchev–Trinajstić information content (AvgIpc) is 3.29.